The topological polar surface area (TPSA) is 105 Å². The van der Waals surface area contributed by atoms with Crippen LogP contribution in [-0.4, -0.2) is 51.7 Å². The Kier molecular flexibility index (Phi) is 16.6. The summed E-state index contributed by atoms with van der Waals surface area (Å²) in [5.41, 5.74) is 33.6. The monoisotopic (exact) mass is 1720 g/mol. The molecule has 0 spiro atoms. The number of aromatic nitrogens is 9. The Labute approximate surface area is 761 Å². The largest absolute Gasteiger partial charge is 0.456 e. The van der Waals surface area contributed by atoms with Gasteiger partial charge in [0, 0.05) is 130 Å². The van der Waals surface area contributed by atoms with Crippen LogP contribution in [0.25, 0.3) is 215 Å². The van der Waals surface area contributed by atoms with Crippen molar-refractivity contribution in [2.24, 2.45) is 0 Å². The van der Waals surface area contributed by atoms with Crippen LogP contribution in [0, 0.1) is 0 Å². The Bertz CT molecular complexity index is 8660. The number of hydrogen-bond donors (Lipinski definition) is 0. The Morgan fingerprint density at radius 1 is 0.260 bits per heavy atom. The number of benzene rings is 16. The average Bonchev–Trinajstić information content (AvgIpc) is 1.57. The second kappa shape index (κ2) is 28.4. The van der Waals surface area contributed by atoms with Crippen LogP contribution in [0.5, 0.6) is 0 Å². The Morgan fingerprint density at radius 2 is 0.679 bits per heavy atom. The molecule has 131 heavy (non-hydrogen) atoms. The highest BCUT2D eigenvalue weighted by Gasteiger charge is 2.45. The van der Waals surface area contributed by atoms with Gasteiger partial charge in [0.15, 0.2) is 5.82 Å². The molecule has 0 N–H and O–H groups in total. The first-order valence-corrected chi connectivity index (χ1v) is 49.0. The van der Waals surface area contributed by atoms with Gasteiger partial charge in [-0.3, -0.25) is 9.13 Å². The number of fused-ring (bicyclic) bond motifs is 27. The first-order valence-electron chi connectivity index (χ1n) is 45.2. The number of thiophene rings is 1. The highest BCUT2D eigenvalue weighted by atomic mass is 32.1. The zero-order valence-electron chi connectivity index (χ0n) is 73.6. The minimum atomic E-state index is -2.05. The third kappa shape index (κ3) is 11.3. The zero-order valence-corrected chi connectivity index (χ0v) is 75.4. The number of hydrogen-bond acceptors (Lipinski definition) is 8. The van der Waals surface area contributed by atoms with Crippen LogP contribution in [0.1, 0.15) is 74.9 Å². The number of furan rings is 1. The van der Waals surface area contributed by atoms with E-state index in [0.717, 1.165) is 117 Å². The van der Waals surface area contributed by atoms with Crippen LogP contribution < -0.4 is 10.4 Å². The Hall–Kier alpha value is -15.6. The Morgan fingerprint density at radius 3 is 1.27 bits per heavy atom. The second-order valence-corrected chi connectivity index (χ2v) is 42.9. The third-order valence-electron chi connectivity index (χ3n) is 28.8. The maximum absolute atomic E-state index is 6.33. The fraction of sp³-hybridized carbons (Fsp3) is 0.0924. The van der Waals surface area contributed by atoms with E-state index in [-0.39, 0.29) is 16.2 Å². The quantitative estimate of drug-likeness (QED) is 0.146. The van der Waals surface area contributed by atoms with Crippen molar-refractivity contribution in [3.05, 3.63) is 403 Å². The average molecular weight is 1720 g/mol. The van der Waals surface area contributed by atoms with Gasteiger partial charge in [0.1, 0.15) is 19.2 Å². The molecule has 0 saturated carbocycles. The number of rotatable bonds is 7. The van der Waals surface area contributed by atoms with E-state index < -0.39 is 8.07 Å². The second-order valence-electron chi connectivity index (χ2n) is 37.5. The van der Waals surface area contributed by atoms with Gasteiger partial charge < -0.3 is 8.98 Å². The summed E-state index contributed by atoms with van der Waals surface area (Å²) in [4.78, 5) is 32.6. The summed E-state index contributed by atoms with van der Waals surface area (Å²) in [7, 11) is -2.05. The van der Waals surface area contributed by atoms with Crippen LogP contribution in [0.3, 0.4) is 0 Å². The molecule has 0 atom stereocenters. The minimum Gasteiger partial charge on any atom is -0.456 e. The molecule has 8 aromatic heterocycles. The summed E-state index contributed by atoms with van der Waals surface area (Å²) < 4.78 is 15.8. The summed E-state index contributed by atoms with van der Waals surface area (Å²) in [5.74, 6) is 2.13. The smallest absolute Gasteiger partial charge is 0.235 e. The van der Waals surface area contributed by atoms with Crippen molar-refractivity contribution in [1.82, 2.24) is 43.6 Å². The maximum atomic E-state index is 6.33. The van der Waals surface area contributed by atoms with Crippen LogP contribution >= 0.6 is 11.3 Å². The molecule has 3 aliphatic carbocycles. The molecule has 9 heterocycles. The first-order chi connectivity index (χ1) is 64.0. The van der Waals surface area contributed by atoms with Gasteiger partial charge in [-0.1, -0.05) is 346 Å². The van der Waals surface area contributed by atoms with Crippen molar-refractivity contribution in [2.75, 3.05) is 0 Å². The molecular weight excluding hydrogens is 1630 g/mol. The van der Waals surface area contributed by atoms with E-state index in [0.29, 0.717) is 11.9 Å². The van der Waals surface area contributed by atoms with Crippen molar-refractivity contribution in [2.45, 2.75) is 70.9 Å². The first kappa shape index (κ1) is 76.6. The zero-order chi connectivity index (χ0) is 87.7. The number of nitrogens with zero attached hydrogens (tertiary/aromatic N) is 9. The predicted octanol–water partition coefficient (Wildman–Crippen LogP) is 29.4. The van der Waals surface area contributed by atoms with Gasteiger partial charge in [0.2, 0.25) is 11.9 Å². The van der Waals surface area contributed by atoms with Gasteiger partial charge in [-0.15, -0.1) is 11.3 Å². The molecule has 10 nitrogen and oxygen atoms in total. The van der Waals surface area contributed by atoms with E-state index in [9.17, 15) is 0 Å². The van der Waals surface area contributed by atoms with E-state index in [1.54, 1.807) is 0 Å². The molecule has 12 heteroatoms. The van der Waals surface area contributed by atoms with E-state index in [4.69, 9.17) is 34.3 Å². The standard InChI is InChI=1S/C45H35N3Si.C37H25N3O.C37H25N3S/c1-45(2)35-22-12-8-18-29(35)33-26-34-30-19-9-13-23-37(30)48(39(34)27-36(33)45)38-24-14-10-20-31(38)44-46-41(28-16-6-5-7-17-28)43-42(47-44)32-21-11-15-25-40(32)49(43,3)4;2*1-37(2)28-17-9-6-16-25(28)35-33(37)34(22-12-4-3-5-13-22)38-36(39-35)40-29-18-10-7-14-23(29)26-20-27-24-15-8-11-19-31(24)41-32(27)21-30(26)40/h5-27H,1-4H3;2*3-21H,1-2H3. The van der Waals surface area contributed by atoms with Crippen LogP contribution in [0.4, 0.5) is 0 Å². The summed E-state index contributed by atoms with van der Waals surface area (Å²) in [6, 6.07) is 133. The highest BCUT2D eigenvalue weighted by molar-refractivity contribution is 7.25. The van der Waals surface area contributed by atoms with Gasteiger partial charge in [0.25, 0.3) is 0 Å². The molecule has 0 amide bonds. The van der Waals surface area contributed by atoms with E-state index in [1.807, 2.05) is 23.5 Å². The number of para-hydroxylation sites is 5. The lowest BCUT2D eigenvalue weighted by Crippen LogP contribution is -2.50. The molecular formula is C119H85N9OSSi. The summed E-state index contributed by atoms with van der Waals surface area (Å²) in [6.45, 7) is 18.8. The molecule has 1 aliphatic heterocycles. The molecule has 622 valence electrons. The molecule has 0 saturated heterocycles. The summed E-state index contributed by atoms with van der Waals surface area (Å²) in [5, 5.41) is 14.9. The van der Waals surface area contributed by atoms with Gasteiger partial charge in [-0.25, -0.2) is 29.9 Å². The van der Waals surface area contributed by atoms with Crippen molar-refractivity contribution in [3.63, 3.8) is 0 Å². The van der Waals surface area contributed by atoms with Gasteiger partial charge in [0.05, 0.1) is 73.0 Å². The van der Waals surface area contributed by atoms with Gasteiger partial charge in [-0.2, -0.15) is 0 Å². The lowest BCUT2D eigenvalue weighted by Gasteiger charge is -2.24. The molecule has 0 radical (unpaired) electrons. The van der Waals surface area contributed by atoms with Crippen LogP contribution in [-0.2, 0) is 16.2 Å². The van der Waals surface area contributed by atoms with Crippen LogP contribution in [0.15, 0.2) is 374 Å². The molecule has 0 unspecified atom stereocenters. The van der Waals surface area contributed by atoms with E-state index >= 15 is 0 Å². The SMILES string of the molecule is CC1(C)c2ccccc2-c2cc3c4ccccc4n(-c4ccccc4-c4nc(-c5ccccc5)c5c(n4)-c4ccccc4[Si]5(C)C)c3cc21.CC1(C)c2ccccc2-c2nc(-n3c4ccccc4c4cc5c(cc43)oc3ccccc35)nc(-c3ccccc3)c21.CC1(C)c2ccccc2-c2nc(-n3c4ccccc4c4cc5c(cc43)sc3ccccc35)nc(-c3ccccc3)c21. The maximum Gasteiger partial charge on any atom is 0.235 e. The van der Waals surface area contributed by atoms with E-state index in [2.05, 4.69) is 426 Å². The van der Waals surface area contributed by atoms with Crippen molar-refractivity contribution >= 4 is 137 Å². The molecule has 0 fully saturated rings. The molecule has 28 rings (SSSR count). The predicted molar refractivity (Wildman–Crippen MR) is 546 cm³/mol. The summed E-state index contributed by atoms with van der Waals surface area (Å²) in [6.07, 6.45) is 0. The lowest BCUT2D eigenvalue weighted by atomic mass is 9.81. The van der Waals surface area contributed by atoms with Crippen molar-refractivity contribution < 1.29 is 4.42 Å². The fourth-order valence-electron chi connectivity index (χ4n) is 22.6. The molecule has 4 aliphatic rings. The molecule has 24 aromatic rings. The molecule has 16 aromatic carbocycles. The van der Waals surface area contributed by atoms with Crippen molar-refractivity contribution in [1.29, 1.82) is 0 Å². The molecule has 0 bridgehead atoms. The van der Waals surface area contributed by atoms with E-state index in [1.165, 1.54) is 130 Å². The van der Waals surface area contributed by atoms with Gasteiger partial charge >= 0.3 is 0 Å². The van der Waals surface area contributed by atoms with Gasteiger partial charge in [-0.05, 0) is 122 Å². The normalized spacial score (nSPS) is 14.2. The Balaban J connectivity index is 0.000000104. The fourth-order valence-corrected chi connectivity index (χ4v) is 27.0. The highest BCUT2D eigenvalue weighted by Crippen LogP contribution is 2.56. The minimum absolute atomic E-state index is 0.0985. The third-order valence-corrected chi connectivity index (χ3v) is 33.4. The van der Waals surface area contributed by atoms with Crippen LogP contribution in [0.2, 0.25) is 13.1 Å². The lowest BCUT2D eigenvalue weighted by molar-refractivity contribution is 0.656. The summed E-state index contributed by atoms with van der Waals surface area (Å²) >= 11 is 1.85. The van der Waals surface area contributed by atoms with Crippen molar-refractivity contribution in [3.8, 4) is 108 Å².